The lowest BCUT2D eigenvalue weighted by Crippen LogP contribution is -2.17. The van der Waals surface area contributed by atoms with Crippen molar-refractivity contribution in [1.82, 2.24) is 10.3 Å². The Morgan fingerprint density at radius 2 is 2.00 bits per heavy atom. The van der Waals surface area contributed by atoms with Gasteiger partial charge in [0.2, 0.25) is 0 Å². The van der Waals surface area contributed by atoms with E-state index in [9.17, 15) is 0 Å². The van der Waals surface area contributed by atoms with Crippen molar-refractivity contribution in [3.05, 3.63) is 35.0 Å². The van der Waals surface area contributed by atoms with Crippen molar-refractivity contribution >= 4 is 10.9 Å². The van der Waals surface area contributed by atoms with Crippen LogP contribution < -0.4 is 5.32 Å². The van der Waals surface area contributed by atoms with Gasteiger partial charge in [0.05, 0.1) is 0 Å². The molecule has 86 valence electrons. The molecule has 0 saturated heterocycles. The molecule has 0 aliphatic carbocycles. The standard InChI is InChI=1S/C14H20N2/c1-5-15-11(4)13-8-12-10(3)6-9(2)7-14(12)16-13/h6-8,11,15-16H,5H2,1-4H3. The zero-order chi connectivity index (χ0) is 11.7. The minimum Gasteiger partial charge on any atom is -0.357 e. The van der Waals surface area contributed by atoms with Crippen LogP contribution in [0.5, 0.6) is 0 Å². The van der Waals surface area contributed by atoms with Crippen LogP contribution in [0.25, 0.3) is 10.9 Å². The summed E-state index contributed by atoms with van der Waals surface area (Å²) in [6.45, 7) is 9.63. The van der Waals surface area contributed by atoms with Crippen LogP contribution in [0.3, 0.4) is 0 Å². The number of aryl methyl sites for hydroxylation is 2. The summed E-state index contributed by atoms with van der Waals surface area (Å²) in [5.41, 5.74) is 5.18. The second-order valence-corrected chi connectivity index (χ2v) is 4.55. The Morgan fingerprint density at radius 1 is 1.25 bits per heavy atom. The van der Waals surface area contributed by atoms with Crippen molar-refractivity contribution in [2.24, 2.45) is 0 Å². The van der Waals surface area contributed by atoms with Crippen molar-refractivity contribution in [3.8, 4) is 0 Å². The second-order valence-electron chi connectivity index (χ2n) is 4.55. The van der Waals surface area contributed by atoms with E-state index < -0.39 is 0 Å². The molecule has 1 aromatic heterocycles. The second kappa shape index (κ2) is 4.30. The molecule has 1 atom stereocenters. The highest BCUT2D eigenvalue weighted by atomic mass is 14.9. The van der Waals surface area contributed by atoms with Gasteiger partial charge in [-0.1, -0.05) is 13.0 Å². The molecule has 0 saturated carbocycles. The Hall–Kier alpha value is -1.28. The SMILES string of the molecule is CCNC(C)c1cc2c(C)cc(C)cc2[nH]1. The summed E-state index contributed by atoms with van der Waals surface area (Å²) in [5, 5.41) is 4.76. The van der Waals surface area contributed by atoms with Crippen molar-refractivity contribution < 1.29 is 0 Å². The number of benzene rings is 1. The molecule has 0 bridgehead atoms. The molecule has 2 aromatic rings. The maximum absolute atomic E-state index is 3.50. The van der Waals surface area contributed by atoms with Crippen molar-refractivity contribution in [2.45, 2.75) is 33.7 Å². The molecule has 2 N–H and O–H groups in total. The first-order chi connectivity index (χ1) is 7.61. The minimum atomic E-state index is 0.386. The van der Waals surface area contributed by atoms with E-state index in [1.54, 1.807) is 0 Å². The monoisotopic (exact) mass is 216 g/mol. The van der Waals surface area contributed by atoms with Crippen LogP contribution in [0.4, 0.5) is 0 Å². The molecule has 0 radical (unpaired) electrons. The van der Waals surface area contributed by atoms with E-state index in [2.05, 4.69) is 56.2 Å². The van der Waals surface area contributed by atoms with E-state index in [0.717, 1.165) is 6.54 Å². The molecule has 0 fully saturated rings. The van der Waals surface area contributed by atoms with Crippen molar-refractivity contribution in [1.29, 1.82) is 0 Å². The summed E-state index contributed by atoms with van der Waals surface area (Å²) in [6.07, 6.45) is 0. The fraction of sp³-hybridized carbons (Fsp3) is 0.429. The third kappa shape index (κ3) is 1.98. The number of nitrogens with one attached hydrogen (secondary N) is 2. The molecule has 1 unspecified atom stereocenters. The van der Waals surface area contributed by atoms with Gasteiger partial charge >= 0.3 is 0 Å². The quantitative estimate of drug-likeness (QED) is 0.808. The summed E-state index contributed by atoms with van der Waals surface area (Å²) in [5.74, 6) is 0. The Balaban J connectivity index is 2.47. The molecule has 2 nitrogen and oxygen atoms in total. The molecular formula is C14H20N2. The normalized spacial score (nSPS) is 13.2. The topological polar surface area (TPSA) is 27.8 Å². The van der Waals surface area contributed by atoms with Gasteiger partial charge in [-0.25, -0.2) is 0 Å². The molecule has 2 rings (SSSR count). The predicted octanol–water partition coefficient (Wildman–Crippen LogP) is 3.46. The van der Waals surface area contributed by atoms with Gasteiger partial charge in [-0.15, -0.1) is 0 Å². The highest BCUT2D eigenvalue weighted by molar-refractivity contribution is 5.84. The van der Waals surface area contributed by atoms with Gasteiger partial charge in [-0.2, -0.15) is 0 Å². The average molecular weight is 216 g/mol. The zero-order valence-corrected chi connectivity index (χ0v) is 10.5. The van der Waals surface area contributed by atoms with Crippen molar-refractivity contribution in [2.75, 3.05) is 6.54 Å². The third-order valence-corrected chi connectivity index (χ3v) is 3.09. The van der Waals surface area contributed by atoms with Crippen LogP contribution in [0.2, 0.25) is 0 Å². The van der Waals surface area contributed by atoms with Gasteiger partial charge < -0.3 is 10.3 Å². The molecule has 1 aromatic carbocycles. The fourth-order valence-electron chi connectivity index (χ4n) is 2.27. The smallest absolute Gasteiger partial charge is 0.0461 e. The van der Waals surface area contributed by atoms with Crippen LogP contribution in [0, 0.1) is 13.8 Å². The fourth-order valence-corrected chi connectivity index (χ4v) is 2.27. The highest BCUT2D eigenvalue weighted by Crippen LogP contribution is 2.24. The predicted molar refractivity (Wildman–Crippen MR) is 69.9 cm³/mol. The number of rotatable bonds is 3. The Bertz CT molecular complexity index is 497. The van der Waals surface area contributed by atoms with E-state index in [-0.39, 0.29) is 0 Å². The molecule has 0 spiro atoms. The summed E-state index contributed by atoms with van der Waals surface area (Å²) in [4.78, 5) is 3.50. The number of fused-ring (bicyclic) bond motifs is 1. The van der Waals surface area contributed by atoms with Gasteiger partial charge in [0.1, 0.15) is 0 Å². The van der Waals surface area contributed by atoms with Crippen LogP contribution in [0.1, 0.15) is 36.7 Å². The Labute approximate surface area is 97.1 Å². The van der Waals surface area contributed by atoms with Gasteiger partial charge in [0.15, 0.2) is 0 Å². The molecule has 16 heavy (non-hydrogen) atoms. The number of aromatic nitrogens is 1. The number of aromatic amines is 1. The number of hydrogen-bond acceptors (Lipinski definition) is 1. The summed E-state index contributed by atoms with van der Waals surface area (Å²) in [7, 11) is 0. The van der Waals surface area contributed by atoms with Gasteiger partial charge in [0, 0.05) is 22.6 Å². The lowest BCUT2D eigenvalue weighted by Gasteiger charge is -2.09. The average Bonchev–Trinajstić information content (AvgIpc) is 2.62. The number of H-pyrrole nitrogens is 1. The first kappa shape index (κ1) is 11.2. The van der Waals surface area contributed by atoms with E-state index >= 15 is 0 Å². The van der Waals surface area contributed by atoms with Crippen LogP contribution >= 0.6 is 0 Å². The van der Waals surface area contributed by atoms with Crippen LogP contribution in [-0.4, -0.2) is 11.5 Å². The zero-order valence-electron chi connectivity index (χ0n) is 10.5. The van der Waals surface area contributed by atoms with Crippen molar-refractivity contribution in [3.63, 3.8) is 0 Å². The Kier molecular flexibility index (Phi) is 3.01. The van der Waals surface area contributed by atoms with Gasteiger partial charge in [-0.3, -0.25) is 0 Å². The summed E-state index contributed by atoms with van der Waals surface area (Å²) >= 11 is 0. The van der Waals surface area contributed by atoms with E-state index in [1.807, 2.05) is 0 Å². The first-order valence-corrected chi connectivity index (χ1v) is 5.95. The molecule has 0 aliphatic heterocycles. The summed E-state index contributed by atoms with van der Waals surface area (Å²) in [6, 6.07) is 7.09. The lowest BCUT2D eigenvalue weighted by molar-refractivity contribution is 0.587. The van der Waals surface area contributed by atoms with Gasteiger partial charge in [0.25, 0.3) is 0 Å². The Morgan fingerprint density at radius 3 is 2.69 bits per heavy atom. The highest BCUT2D eigenvalue weighted by Gasteiger charge is 2.09. The maximum Gasteiger partial charge on any atom is 0.0461 e. The molecule has 1 heterocycles. The lowest BCUT2D eigenvalue weighted by atomic mass is 10.1. The van der Waals surface area contributed by atoms with E-state index in [1.165, 1.54) is 27.7 Å². The van der Waals surface area contributed by atoms with Crippen LogP contribution in [0.15, 0.2) is 18.2 Å². The van der Waals surface area contributed by atoms with E-state index in [0.29, 0.717) is 6.04 Å². The maximum atomic E-state index is 3.50. The first-order valence-electron chi connectivity index (χ1n) is 5.95. The molecular weight excluding hydrogens is 196 g/mol. The number of hydrogen-bond donors (Lipinski definition) is 2. The molecule has 0 aliphatic rings. The largest absolute Gasteiger partial charge is 0.357 e. The third-order valence-electron chi connectivity index (χ3n) is 3.09. The minimum absolute atomic E-state index is 0.386. The molecule has 0 amide bonds. The van der Waals surface area contributed by atoms with Crippen LogP contribution in [-0.2, 0) is 0 Å². The van der Waals surface area contributed by atoms with E-state index in [4.69, 9.17) is 0 Å². The summed E-state index contributed by atoms with van der Waals surface area (Å²) < 4.78 is 0. The van der Waals surface area contributed by atoms with Gasteiger partial charge in [-0.05, 0) is 50.6 Å². The molecule has 2 heteroatoms.